The summed E-state index contributed by atoms with van der Waals surface area (Å²) in [5.74, 6) is 0. The third-order valence-electron chi connectivity index (χ3n) is 4.85. The molecule has 0 fully saturated rings. The average molecular weight is 318 g/mol. The van der Waals surface area contributed by atoms with Crippen LogP contribution in [0.3, 0.4) is 0 Å². The van der Waals surface area contributed by atoms with Crippen LogP contribution in [-0.2, 0) is 10.8 Å². The van der Waals surface area contributed by atoms with Gasteiger partial charge in [-0.3, -0.25) is 4.79 Å². The third kappa shape index (κ3) is 2.84. The van der Waals surface area contributed by atoms with Crippen molar-refractivity contribution in [1.29, 1.82) is 0 Å². The van der Waals surface area contributed by atoms with Gasteiger partial charge in [0.2, 0.25) is 0 Å². The molecule has 3 aromatic rings. The molecule has 0 aliphatic rings. The van der Waals surface area contributed by atoms with Crippen molar-refractivity contribution in [1.82, 2.24) is 0 Å². The quantitative estimate of drug-likeness (QED) is 0.375. The maximum Gasteiger partial charge on any atom is 0.151 e. The van der Waals surface area contributed by atoms with Gasteiger partial charge in [-0.05, 0) is 61.7 Å². The van der Waals surface area contributed by atoms with E-state index in [1.165, 1.54) is 11.1 Å². The minimum Gasteiger partial charge on any atom is -0.298 e. The van der Waals surface area contributed by atoms with Gasteiger partial charge in [-0.15, -0.1) is 0 Å². The molecule has 1 heteroatoms. The molecular weight excluding hydrogens is 292 g/mol. The highest BCUT2D eigenvalue weighted by atomic mass is 16.1. The molecule has 0 spiro atoms. The van der Waals surface area contributed by atoms with Gasteiger partial charge in [0.15, 0.2) is 6.29 Å². The molecule has 0 saturated heterocycles. The Morgan fingerprint density at radius 3 is 1.42 bits per heavy atom. The van der Waals surface area contributed by atoms with Crippen LogP contribution in [0.15, 0.2) is 42.5 Å². The summed E-state index contributed by atoms with van der Waals surface area (Å²) < 4.78 is 0. The van der Waals surface area contributed by atoms with E-state index < -0.39 is 0 Å². The minimum atomic E-state index is 0.0660. The molecule has 0 aliphatic heterocycles. The summed E-state index contributed by atoms with van der Waals surface area (Å²) in [6.07, 6.45) is 1.02. The summed E-state index contributed by atoms with van der Waals surface area (Å²) >= 11 is 0. The highest BCUT2D eigenvalue weighted by molar-refractivity contribution is 6.12. The van der Waals surface area contributed by atoms with E-state index >= 15 is 0 Å². The van der Waals surface area contributed by atoms with Crippen molar-refractivity contribution in [3.63, 3.8) is 0 Å². The van der Waals surface area contributed by atoms with Crippen molar-refractivity contribution < 1.29 is 4.79 Å². The fourth-order valence-electron chi connectivity index (χ4n) is 3.20. The molecule has 0 heterocycles. The van der Waals surface area contributed by atoms with Gasteiger partial charge in [-0.2, -0.15) is 0 Å². The van der Waals surface area contributed by atoms with E-state index in [2.05, 4.69) is 84.0 Å². The number of aldehydes is 1. The molecule has 3 aromatic carbocycles. The second-order valence-electron chi connectivity index (χ2n) is 8.78. The molecule has 24 heavy (non-hydrogen) atoms. The lowest BCUT2D eigenvalue weighted by atomic mass is 9.83. The number of hydrogen-bond donors (Lipinski definition) is 0. The molecule has 0 amide bonds. The Hall–Kier alpha value is -2.15. The topological polar surface area (TPSA) is 17.1 Å². The van der Waals surface area contributed by atoms with Crippen LogP contribution < -0.4 is 0 Å². The Bertz CT molecular complexity index is 862. The second-order valence-corrected chi connectivity index (χ2v) is 8.78. The second kappa shape index (κ2) is 5.44. The van der Waals surface area contributed by atoms with Crippen molar-refractivity contribution in [2.45, 2.75) is 52.4 Å². The Morgan fingerprint density at radius 1 is 0.667 bits per heavy atom. The van der Waals surface area contributed by atoms with Gasteiger partial charge in [0, 0.05) is 5.56 Å². The van der Waals surface area contributed by atoms with Crippen LogP contribution in [0.4, 0.5) is 0 Å². The molecule has 0 aliphatic carbocycles. The van der Waals surface area contributed by atoms with Gasteiger partial charge in [0.1, 0.15) is 0 Å². The van der Waals surface area contributed by atoms with Crippen molar-refractivity contribution in [3.05, 3.63) is 59.2 Å². The number of carbonyl (C=O) groups is 1. The van der Waals surface area contributed by atoms with Gasteiger partial charge in [0.05, 0.1) is 0 Å². The van der Waals surface area contributed by atoms with Crippen LogP contribution in [0.1, 0.15) is 63.0 Å². The van der Waals surface area contributed by atoms with Gasteiger partial charge in [-0.1, -0.05) is 65.8 Å². The number of rotatable bonds is 1. The summed E-state index contributed by atoms with van der Waals surface area (Å²) in [4.78, 5) is 12.0. The zero-order valence-corrected chi connectivity index (χ0v) is 15.5. The molecule has 1 nitrogen and oxygen atoms in total. The Labute approximate surface area is 144 Å². The van der Waals surface area contributed by atoms with Gasteiger partial charge >= 0.3 is 0 Å². The molecule has 0 N–H and O–H groups in total. The SMILES string of the molecule is CC(C)(C)c1ccc2cc3ccc(C(C)(C)C)cc3c(C=O)c2c1. The first kappa shape index (κ1) is 16.7. The number of benzene rings is 3. The monoisotopic (exact) mass is 318 g/mol. The Morgan fingerprint density at radius 2 is 1.08 bits per heavy atom. The molecule has 0 saturated carbocycles. The largest absolute Gasteiger partial charge is 0.298 e. The maximum atomic E-state index is 12.0. The molecule has 0 atom stereocenters. The van der Waals surface area contributed by atoms with E-state index in [1.54, 1.807) is 0 Å². The first-order valence-electron chi connectivity index (χ1n) is 8.58. The fraction of sp³-hybridized carbons (Fsp3) is 0.348. The average Bonchev–Trinajstić information content (AvgIpc) is 2.49. The van der Waals surface area contributed by atoms with Gasteiger partial charge in [0.25, 0.3) is 0 Å². The summed E-state index contributed by atoms with van der Waals surface area (Å²) in [6.45, 7) is 13.2. The Kier molecular flexibility index (Phi) is 3.79. The summed E-state index contributed by atoms with van der Waals surface area (Å²) in [5, 5.41) is 4.36. The Balaban J connectivity index is 2.40. The maximum absolute atomic E-state index is 12.0. The zero-order chi connectivity index (χ0) is 17.7. The van der Waals surface area contributed by atoms with Crippen LogP contribution >= 0.6 is 0 Å². The van der Waals surface area contributed by atoms with E-state index in [9.17, 15) is 4.79 Å². The predicted octanol–water partition coefficient (Wildman–Crippen LogP) is 6.40. The summed E-state index contributed by atoms with van der Waals surface area (Å²) in [5.41, 5.74) is 3.45. The zero-order valence-electron chi connectivity index (χ0n) is 15.5. The molecule has 124 valence electrons. The van der Waals surface area contributed by atoms with Crippen LogP contribution in [-0.4, -0.2) is 6.29 Å². The first-order valence-corrected chi connectivity index (χ1v) is 8.58. The number of hydrogen-bond acceptors (Lipinski definition) is 1. The van der Waals surface area contributed by atoms with Crippen molar-refractivity contribution in [2.24, 2.45) is 0 Å². The normalized spacial score (nSPS) is 12.8. The molecule has 3 rings (SSSR count). The third-order valence-corrected chi connectivity index (χ3v) is 4.85. The first-order chi connectivity index (χ1) is 11.1. The van der Waals surface area contributed by atoms with E-state index in [1.807, 2.05) is 0 Å². The molecular formula is C23H26O. The summed E-state index contributed by atoms with van der Waals surface area (Å²) in [6, 6.07) is 15.2. The van der Waals surface area contributed by atoms with Crippen LogP contribution in [0.2, 0.25) is 0 Å². The lowest BCUT2D eigenvalue weighted by Gasteiger charge is -2.21. The van der Waals surface area contributed by atoms with Gasteiger partial charge < -0.3 is 0 Å². The van der Waals surface area contributed by atoms with Crippen molar-refractivity contribution >= 4 is 27.8 Å². The highest BCUT2D eigenvalue weighted by Crippen LogP contribution is 2.34. The van der Waals surface area contributed by atoms with E-state index in [0.717, 1.165) is 33.4 Å². The van der Waals surface area contributed by atoms with E-state index in [-0.39, 0.29) is 10.8 Å². The number of fused-ring (bicyclic) bond motifs is 2. The smallest absolute Gasteiger partial charge is 0.151 e. The molecule has 0 radical (unpaired) electrons. The van der Waals surface area contributed by atoms with Gasteiger partial charge in [-0.25, -0.2) is 0 Å². The summed E-state index contributed by atoms with van der Waals surface area (Å²) in [7, 11) is 0. The minimum absolute atomic E-state index is 0.0660. The highest BCUT2D eigenvalue weighted by Gasteiger charge is 2.18. The van der Waals surface area contributed by atoms with Crippen LogP contribution in [0, 0.1) is 0 Å². The van der Waals surface area contributed by atoms with Crippen LogP contribution in [0.5, 0.6) is 0 Å². The molecule has 0 bridgehead atoms. The number of carbonyl (C=O) groups excluding carboxylic acids is 1. The van der Waals surface area contributed by atoms with E-state index in [0.29, 0.717) is 0 Å². The lowest BCUT2D eigenvalue weighted by molar-refractivity contribution is 0.112. The molecule has 0 unspecified atom stereocenters. The molecule has 0 aromatic heterocycles. The predicted molar refractivity (Wildman–Crippen MR) is 104 cm³/mol. The van der Waals surface area contributed by atoms with Crippen molar-refractivity contribution in [3.8, 4) is 0 Å². The fourth-order valence-corrected chi connectivity index (χ4v) is 3.20. The van der Waals surface area contributed by atoms with Crippen LogP contribution in [0.25, 0.3) is 21.5 Å². The van der Waals surface area contributed by atoms with Crippen molar-refractivity contribution in [2.75, 3.05) is 0 Å². The van der Waals surface area contributed by atoms with E-state index in [4.69, 9.17) is 0 Å². The standard InChI is InChI=1S/C23H26O/c1-22(2,3)17-9-7-15-11-16-8-10-18(23(4,5)6)13-20(16)21(14-24)19(15)12-17/h7-14H,1-6H3. The lowest BCUT2D eigenvalue weighted by Crippen LogP contribution is -2.11.